The lowest BCUT2D eigenvalue weighted by Gasteiger charge is -2.24. The van der Waals surface area contributed by atoms with Gasteiger partial charge in [-0.1, -0.05) is 34.8 Å². The van der Waals surface area contributed by atoms with Crippen LogP contribution in [0.15, 0.2) is 48.5 Å². The predicted octanol–water partition coefficient (Wildman–Crippen LogP) is 6.37. The van der Waals surface area contributed by atoms with Crippen LogP contribution in [-0.2, 0) is 11.2 Å². The van der Waals surface area contributed by atoms with Crippen LogP contribution in [0, 0.1) is 0 Å². The quantitative estimate of drug-likeness (QED) is 0.338. The van der Waals surface area contributed by atoms with Crippen molar-refractivity contribution in [3.63, 3.8) is 0 Å². The molecule has 188 valence electrons. The van der Waals surface area contributed by atoms with Gasteiger partial charge in [-0.3, -0.25) is 9.59 Å². The zero-order valence-electron chi connectivity index (χ0n) is 19.1. The Morgan fingerprint density at radius 3 is 2.36 bits per heavy atom. The number of carbonyl (C=O) groups is 2. The van der Waals surface area contributed by atoms with Crippen molar-refractivity contribution in [1.29, 1.82) is 0 Å². The monoisotopic (exact) mass is 549 g/mol. The minimum Gasteiger partial charge on any atom is -0.497 e. The highest BCUT2D eigenvalue weighted by Crippen LogP contribution is 2.41. The van der Waals surface area contributed by atoms with E-state index in [0.717, 1.165) is 5.56 Å². The van der Waals surface area contributed by atoms with E-state index in [2.05, 4.69) is 5.32 Å². The summed E-state index contributed by atoms with van der Waals surface area (Å²) in [7, 11) is 1.53. The molecule has 3 aromatic carbocycles. The third-order valence-electron chi connectivity index (χ3n) is 5.76. The summed E-state index contributed by atoms with van der Waals surface area (Å²) < 4.78 is 16.6. The van der Waals surface area contributed by atoms with E-state index in [1.807, 2.05) is 0 Å². The minimum absolute atomic E-state index is 0.262. The van der Waals surface area contributed by atoms with Gasteiger partial charge in [0.15, 0.2) is 0 Å². The van der Waals surface area contributed by atoms with Gasteiger partial charge in [0.05, 0.1) is 24.7 Å². The summed E-state index contributed by atoms with van der Waals surface area (Å²) in [5.74, 6) is -0.0806. The molecule has 1 amide bonds. The molecule has 2 N–H and O–H groups in total. The number of rotatable bonds is 8. The Hall–Kier alpha value is -3.13. The molecule has 10 heteroatoms. The molecule has 1 aliphatic rings. The van der Waals surface area contributed by atoms with Crippen LogP contribution in [-0.4, -0.2) is 37.2 Å². The zero-order valence-corrected chi connectivity index (χ0v) is 21.4. The molecule has 36 heavy (non-hydrogen) atoms. The number of fused-ring (bicyclic) bond motifs is 1. The Bertz CT molecular complexity index is 1270. The van der Waals surface area contributed by atoms with E-state index in [9.17, 15) is 14.7 Å². The number of aliphatic carboxylic acids is 1. The molecule has 4 rings (SSSR count). The van der Waals surface area contributed by atoms with E-state index in [4.69, 9.17) is 49.0 Å². The number of hydrogen-bond acceptors (Lipinski definition) is 5. The normalized spacial score (nSPS) is 14.4. The second-order valence-corrected chi connectivity index (χ2v) is 9.27. The molecule has 0 aromatic heterocycles. The summed E-state index contributed by atoms with van der Waals surface area (Å²) in [5, 5.41) is 13.5. The van der Waals surface area contributed by atoms with Gasteiger partial charge in [0.1, 0.15) is 23.0 Å². The van der Waals surface area contributed by atoms with Gasteiger partial charge in [-0.25, -0.2) is 0 Å². The second-order valence-electron chi connectivity index (χ2n) is 8.05. The molecule has 0 saturated carbocycles. The number of hydrogen-bond donors (Lipinski definition) is 2. The topological polar surface area (TPSA) is 94.1 Å². The lowest BCUT2D eigenvalue weighted by molar-refractivity contribution is -0.139. The fraction of sp³-hybridized carbons (Fsp3) is 0.231. The molecular weight excluding hydrogens is 529 g/mol. The minimum atomic E-state index is -0.923. The van der Waals surface area contributed by atoms with E-state index >= 15 is 0 Å². The fourth-order valence-electron chi connectivity index (χ4n) is 3.87. The second kappa shape index (κ2) is 11.3. The first kappa shape index (κ1) is 25.9. The Morgan fingerprint density at radius 2 is 1.72 bits per heavy atom. The van der Waals surface area contributed by atoms with Gasteiger partial charge in [-0.15, -0.1) is 0 Å². The first-order valence-corrected chi connectivity index (χ1v) is 12.2. The standard InChI is InChI=1S/C26H22Cl3NO6/c1-34-16-10-20(27)18(21(28)11-16)6-8-30-25(31)14-2-4-15(5-3-14)36-24-13-23-19(12-22(24)29)17(26(32)33)7-9-35-23/h2-5,10-13,17H,6-9H2,1H3,(H,30,31)(H,32,33). The highest BCUT2D eigenvalue weighted by Gasteiger charge is 2.29. The van der Waals surface area contributed by atoms with E-state index in [-0.39, 0.29) is 10.9 Å². The first-order valence-electron chi connectivity index (χ1n) is 11.0. The van der Waals surface area contributed by atoms with Crippen molar-refractivity contribution in [2.75, 3.05) is 20.3 Å². The number of halogens is 3. The Kier molecular flexibility index (Phi) is 8.14. The van der Waals surface area contributed by atoms with Crippen LogP contribution in [0.3, 0.4) is 0 Å². The van der Waals surface area contributed by atoms with Gasteiger partial charge in [-0.2, -0.15) is 0 Å². The molecule has 3 aromatic rings. The van der Waals surface area contributed by atoms with E-state index in [0.29, 0.717) is 70.2 Å². The largest absolute Gasteiger partial charge is 0.497 e. The summed E-state index contributed by atoms with van der Waals surface area (Å²) in [4.78, 5) is 24.1. The first-order chi connectivity index (χ1) is 17.3. The van der Waals surface area contributed by atoms with E-state index < -0.39 is 11.9 Å². The molecule has 0 saturated heterocycles. The van der Waals surface area contributed by atoms with E-state index in [1.165, 1.54) is 7.11 Å². The maximum absolute atomic E-state index is 12.6. The number of carboxylic acid groups (broad SMARTS) is 1. The van der Waals surface area contributed by atoms with Crippen molar-refractivity contribution in [3.05, 3.63) is 80.3 Å². The molecule has 0 radical (unpaired) electrons. The molecule has 1 aliphatic heterocycles. The SMILES string of the molecule is COc1cc(Cl)c(CCNC(=O)c2ccc(Oc3cc4c(cc3Cl)C(C(=O)O)CCO4)cc2)c(Cl)c1. The summed E-state index contributed by atoms with van der Waals surface area (Å²) in [6.45, 7) is 0.636. The molecule has 7 nitrogen and oxygen atoms in total. The average molecular weight is 551 g/mol. The summed E-state index contributed by atoms with van der Waals surface area (Å²) in [6.07, 6.45) is 0.832. The highest BCUT2D eigenvalue weighted by molar-refractivity contribution is 6.36. The lowest BCUT2D eigenvalue weighted by Crippen LogP contribution is -2.25. The van der Waals surface area contributed by atoms with Crippen LogP contribution in [0.5, 0.6) is 23.0 Å². The third kappa shape index (κ3) is 5.81. The van der Waals surface area contributed by atoms with Gasteiger partial charge < -0.3 is 24.6 Å². The Morgan fingerprint density at radius 1 is 1.03 bits per heavy atom. The molecule has 0 aliphatic carbocycles. The number of ether oxygens (including phenoxy) is 3. The van der Waals surface area contributed by atoms with Crippen molar-refractivity contribution in [3.8, 4) is 23.0 Å². The molecule has 0 fully saturated rings. The molecule has 1 heterocycles. The number of methoxy groups -OCH3 is 1. The summed E-state index contributed by atoms with van der Waals surface area (Å²) in [6, 6.07) is 13.0. The smallest absolute Gasteiger partial charge is 0.311 e. The number of carboxylic acids is 1. The van der Waals surface area contributed by atoms with Crippen molar-refractivity contribution < 1.29 is 28.9 Å². The third-order valence-corrected chi connectivity index (χ3v) is 6.73. The number of carbonyl (C=O) groups excluding carboxylic acids is 1. The molecule has 0 spiro atoms. The summed E-state index contributed by atoms with van der Waals surface area (Å²) >= 11 is 18.9. The average Bonchev–Trinajstić information content (AvgIpc) is 2.85. The highest BCUT2D eigenvalue weighted by atomic mass is 35.5. The molecular formula is C26H22Cl3NO6. The molecule has 1 atom stereocenters. The van der Waals surface area contributed by atoms with Crippen LogP contribution in [0.25, 0.3) is 0 Å². The number of nitrogens with one attached hydrogen (secondary N) is 1. The number of amides is 1. The summed E-state index contributed by atoms with van der Waals surface area (Å²) in [5.41, 5.74) is 1.69. The molecule has 0 bridgehead atoms. The van der Waals surface area contributed by atoms with Crippen molar-refractivity contribution in [2.24, 2.45) is 0 Å². The van der Waals surface area contributed by atoms with Crippen LogP contribution >= 0.6 is 34.8 Å². The maximum atomic E-state index is 12.6. The lowest BCUT2D eigenvalue weighted by atomic mass is 9.93. The van der Waals surface area contributed by atoms with Crippen LogP contribution in [0.1, 0.15) is 33.8 Å². The van der Waals surface area contributed by atoms with Gasteiger partial charge in [-0.05, 0) is 60.9 Å². The van der Waals surface area contributed by atoms with Crippen LogP contribution in [0.2, 0.25) is 15.1 Å². The molecule has 1 unspecified atom stereocenters. The Balaban J connectivity index is 1.38. The maximum Gasteiger partial charge on any atom is 0.311 e. The van der Waals surface area contributed by atoms with Crippen molar-refractivity contribution in [1.82, 2.24) is 5.32 Å². The van der Waals surface area contributed by atoms with Crippen LogP contribution < -0.4 is 19.5 Å². The fourth-order valence-corrected chi connectivity index (χ4v) is 4.73. The van der Waals surface area contributed by atoms with Gasteiger partial charge >= 0.3 is 5.97 Å². The van der Waals surface area contributed by atoms with Gasteiger partial charge in [0.2, 0.25) is 0 Å². The number of benzene rings is 3. The van der Waals surface area contributed by atoms with Crippen LogP contribution in [0.4, 0.5) is 0 Å². The zero-order chi connectivity index (χ0) is 25.8. The predicted molar refractivity (Wildman–Crippen MR) is 138 cm³/mol. The Labute approximate surface area is 222 Å². The van der Waals surface area contributed by atoms with Gasteiger partial charge in [0.25, 0.3) is 5.91 Å². The van der Waals surface area contributed by atoms with Crippen molar-refractivity contribution in [2.45, 2.75) is 18.8 Å². The van der Waals surface area contributed by atoms with Gasteiger partial charge in [0, 0.05) is 33.8 Å². The van der Waals surface area contributed by atoms with E-state index in [1.54, 1.807) is 48.5 Å². The van der Waals surface area contributed by atoms with Crippen molar-refractivity contribution >= 4 is 46.7 Å².